The van der Waals surface area contributed by atoms with Crippen molar-refractivity contribution in [2.75, 3.05) is 0 Å². The maximum Gasteiger partial charge on any atom is 0.160 e. The lowest BCUT2D eigenvalue weighted by Crippen LogP contribution is -1.96. The molecule has 0 saturated heterocycles. The van der Waals surface area contributed by atoms with Gasteiger partial charge in [0.25, 0.3) is 0 Å². The first kappa shape index (κ1) is 11.9. The summed E-state index contributed by atoms with van der Waals surface area (Å²) in [4.78, 5) is 11.5. The van der Waals surface area contributed by atoms with Crippen molar-refractivity contribution in [1.82, 2.24) is 0 Å². The Balaban J connectivity index is 2.50. The largest absolute Gasteiger partial charge is 0.295 e. The van der Waals surface area contributed by atoms with E-state index in [1.54, 1.807) is 6.92 Å². The summed E-state index contributed by atoms with van der Waals surface area (Å²) in [6.07, 6.45) is 0. The number of benzene rings is 2. The zero-order valence-electron chi connectivity index (χ0n) is 9.83. The van der Waals surface area contributed by atoms with Gasteiger partial charge in [-0.15, -0.1) is 0 Å². The van der Waals surface area contributed by atoms with Gasteiger partial charge in [0.2, 0.25) is 0 Å². The van der Waals surface area contributed by atoms with Gasteiger partial charge in [0, 0.05) is 10.6 Å². The highest BCUT2D eigenvalue weighted by molar-refractivity contribution is 6.30. The third kappa shape index (κ3) is 2.56. The minimum Gasteiger partial charge on any atom is -0.295 e. The van der Waals surface area contributed by atoms with Crippen LogP contribution in [0.2, 0.25) is 5.02 Å². The van der Waals surface area contributed by atoms with Gasteiger partial charge in [0.15, 0.2) is 5.78 Å². The van der Waals surface area contributed by atoms with Crippen molar-refractivity contribution in [1.29, 1.82) is 0 Å². The minimum atomic E-state index is 0.0957. The number of carbonyl (C=O) groups is 1. The molecule has 0 spiro atoms. The fourth-order valence-corrected chi connectivity index (χ4v) is 1.95. The summed E-state index contributed by atoms with van der Waals surface area (Å²) in [5.74, 6) is 0.0957. The summed E-state index contributed by atoms with van der Waals surface area (Å²) >= 11 is 5.85. The van der Waals surface area contributed by atoms with Gasteiger partial charge in [0.1, 0.15) is 0 Å². The predicted molar refractivity (Wildman–Crippen MR) is 71.6 cm³/mol. The van der Waals surface area contributed by atoms with Crippen molar-refractivity contribution in [3.63, 3.8) is 0 Å². The molecule has 0 bridgehead atoms. The Bertz CT molecular complexity index is 556. The van der Waals surface area contributed by atoms with Crippen LogP contribution in [-0.4, -0.2) is 5.78 Å². The Hall–Kier alpha value is -1.60. The number of hydrogen-bond donors (Lipinski definition) is 0. The van der Waals surface area contributed by atoms with E-state index in [0.717, 1.165) is 22.3 Å². The standard InChI is InChI=1S/C15H13ClO/c1-10-3-4-13(9-15(10)11(2)17)12-5-7-14(16)8-6-12/h3-9H,1-2H3. The van der Waals surface area contributed by atoms with Crippen molar-refractivity contribution in [2.24, 2.45) is 0 Å². The first-order chi connectivity index (χ1) is 8.08. The van der Waals surface area contributed by atoms with Crippen LogP contribution >= 0.6 is 11.6 Å². The van der Waals surface area contributed by atoms with Crippen molar-refractivity contribution in [3.8, 4) is 11.1 Å². The molecule has 2 heteroatoms. The smallest absolute Gasteiger partial charge is 0.160 e. The molecule has 0 aliphatic rings. The summed E-state index contributed by atoms with van der Waals surface area (Å²) in [6, 6.07) is 13.5. The second-order valence-electron chi connectivity index (χ2n) is 4.09. The Morgan fingerprint density at radius 3 is 2.18 bits per heavy atom. The number of Topliss-reactive ketones (excluding diaryl/α,β-unsaturated/α-hetero) is 1. The third-order valence-corrected chi connectivity index (χ3v) is 3.05. The molecule has 86 valence electrons. The second-order valence-corrected chi connectivity index (χ2v) is 4.53. The normalized spacial score (nSPS) is 10.3. The molecule has 0 amide bonds. The molecule has 2 rings (SSSR count). The third-order valence-electron chi connectivity index (χ3n) is 2.79. The zero-order chi connectivity index (χ0) is 12.4. The van der Waals surface area contributed by atoms with Crippen molar-refractivity contribution in [3.05, 3.63) is 58.6 Å². The first-order valence-corrected chi connectivity index (χ1v) is 5.83. The Labute approximate surface area is 106 Å². The van der Waals surface area contributed by atoms with Gasteiger partial charge in [-0.1, -0.05) is 35.9 Å². The Morgan fingerprint density at radius 1 is 1.00 bits per heavy atom. The van der Waals surface area contributed by atoms with E-state index < -0.39 is 0 Å². The van der Waals surface area contributed by atoms with Crippen LogP contribution in [0.4, 0.5) is 0 Å². The number of hydrogen-bond acceptors (Lipinski definition) is 1. The SMILES string of the molecule is CC(=O)c1cc(-c2ccc(Cl)cc2)ccc1C. The summed E-state index contributed by atoms with van der Waals surface area (Å²) in [5, 5.41) is 0.715. The van der Waals surface area contributed by atoms with E-state index in [2.05, 4.69) is 0 Å². The van der Waals surface area contributed by atoms with E-state index in [0.29, 0.717) is 5.02 Å². The molecule has 0 aliphatic heterocycles. The van der Waals surface area contributed by atoms with Crippen molar-refractivity contribution < 1.29 is 4.79 Å². The molecule has 2 aromatic carbocycles. The average molecular weight is 245 g/mol. The molecule has 0 fully saturated rings. The lowest BCUT2D eigenvalue weighted by Gasteiger charge is -2.06. The zero-order valence-corrected chi connectivity index (χ0v) is 10.6. The molecule has 0 aromatic heterocycles. The molecule has 0 atom stereocenters. The highest BCUT2D eigenvalue weighted by atomic mass is 35.5. The van der Waals surface area contributed by atoms with E-state index in [4.69, 9.17) is 11.6 Å². The van der Waals surface area contributed by atoms with E-state index in [1.807, 2.05) is 49.4 Å². The van der Waals surface area contributed by atoms with Crippen molar-refractivity contribution in [2.45, 2.75) is 13.8 Å². The number of carbonyl (C=O) groups excluding carboxylic acids is 1. The molecule has 0 radical (unpaired) electrons. The molecule has 0 aliphatic carbocycles. The molecule has 0 N–H and O–H groups in total. The van der Waals surface area contributed by atoms with Crippen LogP contribution in [-0.2, 0) is 0 Å². The molecular formula is C15H13ClO. The summed E-state index contributed by atoms with van der Waals surface area (Å²) < 4.78 is 0. The van der Waals surface area contributed by atoms with Crippen LogP contribution in [0.1, 0.15) is 22.8 Å². The van der Waals surface area contributed by atoms with Crippen LogP contribution in [0.3, 0.4) is 0 Å². The van der Waals surface area contributed by atoms with Crippen molar-refractivity contribution >= 4 is 17.4 Å². The fourth-order valence-electron chi connectivity index (χ4n) is 1.82. The maximum absolute atomic E-state index is 11.5. The number of halogens is 1. The van der Waals surface area contributed by atoms with E-state index in [-0.39, 0.29) is 5.78 Å². The molecule has 17 heavy (non-hydrogen) atoms. The molecule has 0 saturated carbocycles. The second kappa shape index (κ2) is 4.72. The van der Waals surface area contributed by atoms with Gasteiger partial charge in [-0.3, -0.25) is 4.79 Å². The van der Waals surface area contributed by atoms with Gasteiger partial charge in [-0.05, 0) is 48.7 Å². The van der Waals surface area contributed by atoms with E-state index in [1.165, 1.54) is 0 Å². The summed E-state index contributed by atoms with van der Waals surface area (Å²) in [5.41, 5.74) is 3.89. The summed E-state index contributed by atoms with van der Waals surface area (Å²) in [6.45, 7) is 3.54. The number of rotatable bonds is 2. The molecule has 2 aromatic rings. The molecule has 0 unspecified atom stereocenters. The Morgan fingerprint density at radius 2 is 1.59 bits per heavy atom. The van der Waals surface area contributed by atoms with E-state index in [9.17, 15) is 4.79 Å². The van der Waals surface area contributed by atoms with Gasteiger partial charge in [-0.25, -0.2) is 0 Å². The monoisotopic (exact) mass is 244 g/mol. The molecule has 0 heterocycles. The lowest BCUT2D eigenvalue weighted by atomic mass is 9.98. The quantitative estimate of drug-likeness (QED) is 0.710. The van der Waals surface area contributed by atoms with Gasteiger partial charge in [0.05, 0.1) is 0 Å². The average Bonchev–Trinajstić information content (AvgIpc) is 2.30. The molecule has 1 nitrogen and oxygen atoms in total. The fraction of sp³-hybridized carbons (Fsp3) is 0.133. The van der Waals surface area contributed by atoms with Crippen LogP contribution < -0.4 is 0 Å². The van der Waals surface area contributed by atoms with Crippen LogP contribution in [0, 0.1) is 6.92 Å². The van der Waals surface area contributed by atoms with Gasteiger partial charge >= 0.3 is 0 Å². The van der Waals surface area contributed by atoms with Crippen LogP contribution in [0.15, 0.2) is 42.5 Å². The first-order valence-electron chi connectivity index (χ1n) is 5.45. The number of aryl methyl sites for hydroxylation is 1. The van der Waals surface area contributed by atoms with Gasteiger partial charge in [-0.2, -0.15) is 0 Å². The Kier molecular flexibility index (Phi) is 3.30. The topological polar surface area (TPSA) is 17.1 Å². The molecular weight excluding hydrogens is 232 g/mol. The maximum atomic E-state index is 11.5. The minimum absolute atomic E-state index is 0.0957. The van der Waals surface area contributed by atoms with Crippen LogP contribution in [0.5, 0.6) is 0 Å². The highest BCUT2D eigenvalue weighted by Gasteiger charge is 2.06. The predicted octanol–water partition coefficient (Wildman–Crippen LogP) is 4.52. The van der Waals surface area contributed by atoms with Gasteiger partial charge < -0.3 is 0 Å². The van der Waals surface area contributed by atoms with E-state index >= 15 is 0 Å². The van der Waals surface area contributed by atoms with Crippen LogP contribution in [0.25, 0.3) is 11.1 Å². The lowest BCUT2D eigenvalue weighted by molar-refractivity contribution is 0.101. The highest BCUT2D eigenvalue weighted by Crippen LogP contribution is 2.24. The summed E-state index contributed by atoms with van der Waals surface area (Å²) in [7, 11) is 0. The number of ketones is 1.